The van der Waals surface area contributed by atoms with Crippen LogP contribution in [0.3, 0.4) is 0 Å². The molecule has 1 aromatic carbocycles. The number of benzene rings is 1. The summed E-state index contributed by atoms with van der Waals surface area (Å²) in [7, 11) is 0. The Morgan fingerprint density at radius 3 is 2.35 bits per heavy atom. The summed E-state index contributed by atoms with van der Waals surface area (Å²) in [5, 5.41) is 10.5. The number of non-ortho nitro benzene ring substituents is 1. The Morgan fingerprint density at radius 2 is 1.82 bits per heavy atom. The fourth-order valence-corrected chi connectivity index (χ4v) is 2.06. The highest BCUT2D eigenvalue weighted by Crippen LogP contribution is 2.22. The fourth-order valence-electron chi connectivity index (χ4n) is 1.51. The van der Waals surface area contributed by atoms with Crippen LogP contribution in [0.4, 0.5) is 5.69 Å². The van der Waals surface area contributed by atoms with Crippen LogP contribution in [-0.4, -0.2) is 15.8 Å². The maximum atomic E-state index is 10.8. The smallest absolute Gasteiger partial charge is 0.269 e. The van der Waals surface area contributed by atoms with E-state index in [1.165, 1.54) is 12.1 Å². The van der Waals surface area contributed by atoms with Crippen molar-refractivity contribution >= 4 is 27.9 Å². The van der Waals surface area contributed by atoms with Gasteiger partial charge in [0.25, 0.3) is 5.69 Å². The van der Waals surface area contributed by atoms with Crippen molar-refractivity contribution in [1.29, 1.82) is 0 Å². The Labute approximate surface area is 105 Å². The molecule has 2 aromatic rings. The second-order valence-electron chi connectivity index (χ2n) is 3.31. The predicted octanol–water partition coefficient (Wildman–Crippen LogP) is 2.96. The summed E-state index contributed by atoms with van der Waals surface area (Å²) in [6.45, 7) is 0. The van der Waals surface area contributed by atoms with Crippen LogP contribution in [0.1, 0.15) is 10.5 Å². The molecule has 17 heavy (non-hydrogen) atoms. The summed E-state index contributed by atoms with van der Waals surface area (Å²) in [6, 6.07) is 9.39. The lowest BCUT2D eigenvalue weighted by Gasteiger charge is -2.06. The summed E-state index contributed by atoms with van der Waals surface area (Å²) >= 11 is 3.31. The van der Waals surface area contributed by atoms with Crippen molar-refractivity contribution in [3.63, 3.8) is 0 Å². The molecule has 0 aliphatic carbocycles. The number of hydrogen-bond donors (Lipinski definition) is 0. The number of carbonyl (C=O) groups is 1. The first-order chi connectivity index (χ1) is 8.13. The van der Waals surface area contributed by atoms with E-state index >= 15 is 0 Å². The van der Waals surface area contributed by atoms with E-state index in [1.807, 2.05) is 0 Å². The molecule has 5 nitrogen and oxygen atoms in total. The van der Waals surface area contributed by atoms with Gasteiger partial charge in [-0.2, -0.15) is 0 Å². The first-order valence-electron chi connectivity index (χ1n) is 4.70. The van der Waals surface area contributed by atoms with Gasteiger partial charge in [0.15, 0.2) is 6.29 Å². The van der Waals surface area contributed by atoms with Gasteiger partial charge in [0, 0.05) is 17.8 Å². The Kier molecular flexibility index (Phi) is 3.06. The molecule has 2 rings (SSSR count). The largest absolute Gasteiger partial charge is 0.301 e. The molecule has 0 radical (unpaired) electrons. The topological polar surface area (TPSA) is 65.1 Å². The number of aromatic nitrogens is 1. The summed E-state index contributed by atoms with van der Waals surface area (Å²) in [4.78, 5) is 20.9. The van der Waals surface area contributed by atoms with Crippen LogP contribution in [0.15, 0.2) is 41.0 Å². The number of carbonyl (C=O) groups excluding carboxylic acids is 1. The van der Waals surface area contributed by atoms with Gasteiger partial charge in [-0.05, 0) is 40.2 Å². The van der Waals surface area contributed by atoms with E-state index in [2.05, 4.69) is 15.9 Å². The van der Waals surface area contributed by atoms with Gasteiger partial charge in [-0.15, -0.1) is 0 Å². The molecule has 6 heteroatoms. The molecule has 0 bridgehead atoms. The van der Waals surface area contributed by atoms with Crippen molar-refractivity contribution in [3.05, 3.63) is 56.8 Å². The summed E-state index contributed by atoms with van der Waals surface area (Å²) in [6.07, 6.45) is 0.728. The Bertz CT molecular complexity index is 575. The highest BCUT2D eigenvalue weighted by atomic mass is 79.9. The second kappa shape index (κ2) is 4.50. The zero-order valence-electron chi connectivity index (χ0n) is 8.54. The Hall–Kier alpha value is -1.95. The minimum absolute atomic E-state index is 0.0182. The maximum Gasteiger partial charge on any atom is 0.269 e. The SMILES string of the molecule is O=Cc1ccc(Br)n1-c1ccc([N+](=O)[O-])cc1. The molecule has 1 heterocycles. The Morgan fingerprint density at radius 1 is 1.18 bits per heavy atom. The van der Waals surface area contributed by atoms with Crippen molar-refractivity contribution in [2.24, 2.45) is 0 Å². The molecule has 0 saturated heterocycles. The van der Waals surface area contributed by atoms with Gasteiger partial charge in [0.2, 0.25) is 0 Å². The van der Waals surface area contributed by atoms with Crippen LogP contribution in [-0.2, 0) is 0 Å². The molecule has 0 fully saturated rings. The third-order valence-electron chi connectivity index (χ3n) is 2.30. The monoisotopic (exact) mass is 294 g/mol. The third kappa shape index (κ3) is 2.12. The summed E-state index contributed by atoms with van der Waals surface area (Å²) in [5.41, 5.74) is 1.19. The van der Waals surface area contributed by atoms with Crippen LogP contribution in [0.2, 0.25) is 0 Å². The number of halogens is 1. The standard InChI is InChI=1S/C11H7BrN2O3/c12-11-6-5-10(7-15)13(11)8-1-3-9(4-2-8)14(16)17/h1-7H. The molecular formula is C11H7BrN2O3. The lowest BCUT2D eigenvalue weighted by molar-refractivity contribution is -0.384. The van der Waals surface area contributed by atoms with Gasteiger partial charge in [0.1, 0.15) is 0 Å². The zero-order valence-corrected chi connectivity index (χ0v) is 10.1. The highest BCUT2D eigenvalue weighted by molar-refractivity contribution is 9.10. The molecule has 0 aliphatic rings. The van der Waals surface area contributed by atoms with Crippen LogP contribution >= 0.6 is 15.9 Å². The average molecular weight is 295 g/mol. The average Bonchev–Trinajstić information content (AvgIpc) is 2.70. The van der Waals surface area contributed by atoms with E-state index in [0.717, 1.165) is 6.29 Å². The minimum Gasteiger partial charge on any atom is -0.301 e. The van der Waals surface area contributed by atoms with Gasteiger partial charge in [-0.3, -0.25) is 14.9 Å². The van der Waals surface area contributed by atoms with E-state index in [-0.39, 0.29) is 5.69 Å². The molecule has 0 spiro atoms. The number of hydrogen-bond acceptors (Lipinski definition) is 3. The van der Waals surface area contributed by atoms with Gasteiger partial charge in [0.05, 0.1) is 15.2 Å². The van der Waals surface area contributed by atoms with E-state index < -0.39 is 4.92 Å². The lowest BCUT2D eigenvalue weighted by Crippen LogP contribution is -1.99. The van der Waals surface area contributed by atoms with E-state index in [4.69, 9.17) is 0 Å². The quantitative estimate of drug-likeness (QED) is 0.497. The van der Waals surface area contributed by atoms with Crippen LogP contribution < -0.4 is 0 Å². The molecule has 0 atom stereocenters. The summed E-state index contributed by atoms with van der Waals surface area (Å²) in [5.74, 6) is 0. The first-order valence-corrected chi connectivity index (χ1v) is 5.50. The molecule has 0 unspecified atom stereocenters. The van der Waals surface area contributed by atoms with Crippen molar-refractivity contribution < 1.29 is 9.72 Å². The number of aldehydes is 1. The predicted molar refractivity (Wildman–Crippen MR) is 65.5 cm³/mol. The molecule has 0 aliphatic heterocycles. The second-order valence-corrected chi connectivity index (χ2v) is 4.12. The van der Waals surface area contributed by atoms with Gasteiger partial charge in [-0.25, -0.2) is 0 Å². The van der Waals surface area contributed by atoms with Crippen molar-refractivity contribution in [1.82, 2.24) is 4.57 Å². The van der Waals surface area contributed by atoms with Gasteiger partial charge < -0.3 is 4.57 Å². The van der Waals surface area contributed by atoms with Crippen LogP contribution in [0.25, 0.3) is 5.69 Å². The number of nitro groups is 1. The maximum absolute atomic E-state index is 10.8. The van der Waals surface area contributed by atoms with Crippen LogP contribution in [0, 0.1) is 10.1 Å². The highest BCUT2D eigenvalue weighted by Gasteiger charge is 2.09. The fraction of sp³-hybridized carbons (Fsp3) is 0. The van der Waals surface area contributed by atoms with Crippen molar-refractivity contribution in [3.8, 4) is 5.69 Å². The molecule has 1 aromatic heterocycles. The van der Waals surface area contributed by atoms with Gasteiger partial charge in [-0.1, -0.05) is 0 Å². The molecular weight excluding hydrogens is 288 g/mol. The van der Waals surface area contributed by atoms with E-state index in [9.17, 15) is 14.9 Å². The van der Waals surface area contributed by atoms with Gasteiger partial charge >= 0.3 is 0 Å². The Balaban J connectivity index is 2.49. The lowest BCUT2D eigenvalue weighted by atomic mass is 10.3. The molecule has 86 valence electrons. The summed E-state index contributed by atoms with van der Waals surface area (Å²) < 4.78 is 2.38. The number of rotatable bonds is 3. The molecule has 0 saturated carbocycles. The van der Waals surface area contributed by atoms with Crippen molar-refractivity contribution in [2.45, 2.75) is 0 Å². The van der Waals surface area contributed by atoms with E-state index in [1.54, 1.807) is 28.8 Å². The minimum atomic E-state index is -0.463. The van der Waals surface area contributed by atoms with Crippen LogP contribution in [0.5, 0.6) is 0 Å². The molecule has 0 amide bonds. The van der Waals surface area contributed by atoms with Crippen molar-refractivity contribution in [2.75, 3.05) is 0 Å². The normalized spacial score (nSPS) is 10.2. The van der Waals surface area contributed by atoms with E-state index in [0.29, 0.717) is 16.0 Å². The zero-order chi connectivity index (χ0) is 12.4. The number of nitro benzene ring substituents is 1. The first kappa shape index (κ1) is 11.5. The third-order valence-corrected chi connectivity index (χ3v) is 2.92. The number of nitrogens with zero attached hydrogens (tertiary/aromatic N) is 2. The molecule has 0 N–H and O–H groups in total.